The van der Waals surface area contributed by atoms with E-state index in [0.29, 0.717) is 43.7 Å². The molecule has 2 heterocycles. The van der Waals surface area contributed by atoms with Gasteiger partial charge >= 0.3 is 5.97 Å². The SMILES string of the molecule is COc1ccc(C)cc1NC(=O)C1CCCN1C(=O)[C@@H]1CC[C@H](C(=O)O)O1. The van der Waals surface area contributed by atoms with Crippen LogP contribution in [0.2, 0.25) is 0 Å². The Morgan fingerprint density at radius 3 is 2.63 bits per heavy atom. The van der Waals surface area contributed by atoms with Crippen LogP contribution in [0.4, 0.5) is 5.69 Å². The third-order valence-electron chi connectivity index (χ3n) is 5.02. The molecule has 1 aromatic carbocycles. The average molecular weight is 376 g/mol. The summed E-state index contributed by atoms with van der Waals surface area (Å²) in [5.74, 6) is -1.11. The van der Waals surface area contributed by atoms with E-state index in [4.69, 9.17) is 14.6 Å². The Balaban J connectivity index is 1.69. The molecule has 8 heteroatoms. The second-order valence-corrected chi connectivity index (χ2v) is 6.91. The van der Waals surface area contributed by atoms with Gasteiger partial charge in [0, 0.05) is 6.54 Å². The minimum absolute atomic E-state index is 0.280. The number of amides is 2. The number of aryl methyl sites for hydroxylation is 1. The molecule has 0 aromatic heterocycles. The lowest BCUT2D eigenvalue weighted by molar-refractivity contribution is -0.156. The Morgan fingerprint density at radius 2 is 1.96 bits per heavy atom. The quantitative estimate of drug-likeness (QED) is 0.808. The summed E-state index contributed by atoms with van der Waals surface area (Å²) in [6.45, 7) is 2.37. The van der Waals surface area contributed by atoms with Crippen molar-refractivity contribution in [3.63, 3.8) is 0 Å². The number of carboxylic acids is 1. The highest BCUT2D eigenvalue weighted by Gasteiger charge is 2.42. The summed E-state index contributed by atoms with van der Waals surface area (Å²) in [5, 5.41) is 11.9. The molecule has 3 rings (SSSR count). The molecule has 2 saturated heterocycles. The van der Waals surface area contributed by atoms with Gasteiger partial charge in [-0.2, -0.15) is 0 Å². The molecular weight excluding hydrogens is 352 g/mol. The van der Waals surface area contributed by atoms with Crippen LogP contribution in [0.3, 0.4) is 0 Å². The van der Waals surface area contributed by atoms with Gasteiger partial charge in [0.05, 0.1) is 12.8 Å². The zero-order valence-electron chi connectivity index (χ0n) is 15.4. The number of methoxy groups -OCH3 is 1. The standard InChI is InChI=1S/C19H24N2O6/c1-11-5-6-14(26-2)12(10-11)20-17(22)13-4-3-9-21(13)18(23)15-7-8-16(27-15)19(24)25/h5-6,10,13,15-16H,3-4,7-9H2,1-2H3,(H,20,22)(H,24,25)/t13?,15-,16+/m0/s1. The van der Waals surface area contributed by atoms with Gasteiger partial charge in [0.2, 0.25) is 5.91 Å². The van der Waals surface area contributed by atoms with E-state index in [-0.39, 0.29) is 11.8 Å². The van der Waals surface area contributed by atoms with Crippen molar-refractivity contribution in [3.8, 4) is 5.75 Å². The lowest BCUT2D eigenvalue weighted by Gasteiger charge is -2.26. The molecule has 0 spiro atoms. The van der Waals surface area contributed by atoms with E-state index >= 15 is 0 Å². The molecule has 146 valence electrons. The monoisotopic (exact) mass is 376 g/mol. The van der Waals surface area contributed by atoms with Gasteiger partial charge in [-0.15, -0.1) is 0 Å². The van der Waals surface area contributed by atoms with Crippen LogP contribution in [0.15, 0.2) is 18.2 Å². The summed E-state index contributed by atoms with van der Waals surface area (Å²) >= 11 is 0. The highest BCUT2D eigenvalue weighted by molar-refractivity contribution is 5.99. The number of carbonyl (C=O) groups is 3. The van der Waals surface area contributed by atoms with Gasteiger partial charge in [-0.1, -0.05) is 6.07 Å². The molecule has 0 saturated carbocycles. The smallest absolute Gasteiger partial charge is 0.332 e. The molecule has 0 aliphatic carbocycles. The van der Waals surface area contributed by atoms with Gasteiger partial charge < -0.3 is 24.8 Å². The van der Waals surface area contributed by atoms with E-state index in [2.05, 4.69) is 5.32 Å². The second-order valence-electron chi connectivity index (χ2n) is 6.91. The van der Waals surface area contributed by atoms with Gasteiger partial charge in [-0.3, -0.25) is 9.59 Å². The molecular formula is C19H24N2O6. The Labute approximate surface area is 157 Å². The molecule has 0 bridgehead atoms. The summed E-state index contributed by atoms with van der Waals surface area (Å²) in [7, 11) is 1.53. The number of hydrogen-bond acceptors (Lipinski definition) is 5. The number of nitrogens with one attached hydrogen (secondary N) is 1. The molecule has 1 aromatic rings. The van der Waals surface area contributed by atoms with Gasteiger partial charge in [-0.05, 0) is 50.3 Å². The maximum atomic E-state index is 12.8. The van der Waals surface area contributed by atoms with Gasteiger partial charge in [0.1, 0.15) is 17.9 Å². The maximum Gasteiger partial charge on any atom is 0.332 e. The van der Waals surface area contributed by atoms with Crippen molar-refractivity contribution >= 4 is 23.5 Å². The number of carbonyl (C=O) groups excluding carboxylic acids is 2. The molecule has 8 nitrogen and oxygen atoms in total. The lowest BCUT2D eigenvalue weighted by Crippen LogP contribution is -2.47. The van der Waals surface area contributed by atoms with Crippen LogP contribution < -0.4 is 10.1 Å². The summed E-state index contributed by atoms with van der Waals surface area (Å²) in [5.41, 5.74) is 1.54. The first-order valence-electron chi connectivity index (χ1n) is 9.05. The molecule has 2 N–H and O–H groups in total. The Kier molecular flexibility index (Phi) is 5.65. The van der Waals surface area contributed by atoms with Gasteiger partial charge in [-0.25, -0.2) is 4.79 Å². The van der Waals surface area contributed by atoms with Crippen molar-refractivity contribution in [1.29, 1.82) is 0 Å². The van der Waals surface area contributed by atoms with Crippen molar-refractivity contribution < 1.29 is 29.0 Å². The van der Waals surface area contributed by atoms with E-state index in [0.717, 1.165) is 5.56 Å². The first kappa shape index (κ1) is 19.2. The maximum absolute atomic E-state index is 12.8. The van der Waals surface area contributed by atoms with Crippen molar-refractivity contribution in [2.75, 3.05) is 19.0 Å². The molecule has 1 unspecified atom stereocenters. The Bertz CT molecular complexity index is 750. The molecule has 3 atom stereocenters. The van der Waals surface area contributed by atoms with E-state index in [9.17, 15) is 14.4 Å². The normalized spacial score (nSPS) is 24.7. The van der Waals surface area contributed by atoms with Crippen LogP contribution in [0.5, 0.6) is 5.75 Å². The van der Waals surface area contributed by atoms with Crippen LogP contribution >= 0.6 is 0 Å². The number of nitrogens with zero attached hydrogens (tertiary/aromatic N) is 1. The fourth-order valence-electron chi connectivity index (χ4n) is 3.62. The minimum Gasteiger partial charge on any atom is -0.495 e. The molecule has 0 radical (unpaired) electrons. The van der Waals surface area contributed by atoms with E-state index < -0.39 is 24.2 Å². The number of benzene rings is 1. The molecule has 2 aliphatic heterocycles. The summed E-state index contributed by atoms with van der Waals surface area (Å²) in [6.07, 6.45) is 0.173. The lowest BCUT2D eigenvalue weighted by atomic mass is 10.1. The highest BCUT2D eigenvalue weighted by Crippen LogP contribution is 2.29. The number of aliphatic carboxylic acids is 1. The third-order valence-corrected chi connectivity index (χ3v) is 5.02. The van der Waals surface area contributed by atoms with Crippen molar-refractivity contribution in [1.82, 2.24) is 4.90 Å². The van der Waals surface area contributed by atoms with Gasteiger partial charge in [0.25, 0.3) is 5.91 Å². The fraction of sp³-hybridized carbons (Fsp3) is 0.526. The van der Waals surface area contributed by atoms with Crippen molar-refractivity contribution in [3.05, 3.63) is 23.8 Å². The van der Waals surface area contributed by atoms with E-state index in [1.54, 1.807) is 6.07 Å². The van der Waals surface area contributed by atoms with Crippen LogP contribution in [0.1, 0.15) is 31.2 Å². The topological polar surface area (TPSA) is 105 Å². The number of hydrogen-bond donors (Lipinski definition) is 2. The second kappa shape index (κ2) is 7.96. The van der Waals surface area contributed by atoms with Crippen LogP contribution in [-0.2, 0) is 19.1 Å². The number of rotatable bonds is 5. The molecule has 2 amide bonds. The summed E-state index contributed by atoms with van der Waals surface area (Å²) < 4.78 is 10.6. The number of ether oxygens (including phenoxy) is 2. The number of anilines is 1. The van der Waals surface area contributed by atoms with Gasteiger partial charge in [0.15, 0.2) is 6.10 Å². The van der Waals surface area contributed by atoms with Crippen molar-refractivity contribution in [2.24, 2.45) is 0 Å². The van der Waals surface area contributed by atoms with Crippen LogP contribution in [0.25, 0.3) is 0 Å². The first-order chi connectivity index (χ1) is 12.9. The zero-order chi connectivity index (χ0) is 19.6. The van der Waals surface area contributed by atoms with Crippen molar-refractivity contribution in [2.45, 2.75) is 50.9 Å². The number of carboxylic acid groups (broad SMARTS) is 1. The van der Waals surface area contributed by atoms with E-state index in [1.165, 1.54) is 12.0 Å². The highest BCUT2D eigenvalue weighted by atomic mass is 16.5. The predicted octanol–water partition coefficient (Wildman–Crippen LogP) is 1.57. The van der Waals surface area contributed by atoms with Crippen LogP contribution in [0, 0.1) is 6.92 Å². The molecule has 2 aliphatic rings. The Morgan fingerprint density at radius 1 is 1.22 bits per heavy atom. The van der Waals surface area contributed by atoms with Crippen LogP contribution in [-0.4, -0.2) is 59.7 Å². The minimum atomic E-state index is -1.06. The first-order valence-corrected chi connectivity index (χ1v) is 9.05. The predicted molar refractivity (Wildman–Crippen MR) is 96.6 cm³/mol. The third kappa shape index (κ3) is 4.05. The number of likely N-dealkylation sites (tertiary alicyclic amines) is 1. The zero-order valence-corrected chi connectivity index (χ0v) is 15.4. The fourth-order valence-corrected chi connectivity index (χ4v) is 3.62. The molecule has 27 heavy (non-hydrogen) atoms. The molecule has 2 fully saturated rings. The average Bonchev–Trinajstić information content (AvgIpc) is 3.31. The summed E-state index contributed by atoms with van der Waals surface area (Å²) in [6, 6.07) is 4.88. The summed E-state index contributed by atoms with van der Waals surface area (Å²) in [4.78, 5) is 38.1. The Hall–Kier alpha value is -2.61. The largest absolute Gasteiger partial charge is 0.495 e. The van der Waals surface area contributed by atoms with E-state index in [1.807, 2.05) is 19.1 Å².